The van der Waals surface area contributed by atoms with Gasteiger partial charge in [0.1, 0.15) is 0 Å². The van der Waals surface area contributed by atoms with Crippen molar-refractivity contribution in [1.82, 2.24) is 9.97 Å². The van der Waals surface area contributed by atoms with Gasteiger partial charge >= 0.3 is 0 Å². The zero-order chi connectivity index (χ0) is 21.2. The Morgan fingerprint density at radius 2 is 1.86 bits per heavy atom. The average molecular weight is 395 g/mol. The number of benzene rings is 1. The number of ketones is 1. The molecular weight excluding hydrogens is 370 g/mol. The number of nitrogens with zero attached hydrogens (tertiary/aromatic N) is 2. The number of fused-ring (bicyclic) bond motifs is 1. The largest absolute Gasteiger partial charge is 0.493 e. The van der Waals surface area contributed by atoms with Crippen molar-refractivity contribution in [3.05, 3.63) is 46.8 Å². The fourth-order valence-electron chi connectivity index (χ4n) is 3.50. The van der Waals surface area contributed by atoms with Gasteiger partial charge in [0.2, 0.25) is 5.95 Å². The summed E-state index contributed by atoms with van der Waals surface area (Å²) >= 11 is 0. The number of Topliss-reactive ketones (excluding diaryl/α,β-unsaturated/α-hetero) is 1. The van der Waals surface area contributed by atoms with Gasteiger partial charge < -0.3 is 9.47 Å². The van der Waals surface area contributed by atoms with Crippen LogP contribution < -0.4 is 14.8 Å². The lowest BCUT2D eigenvalue weighted by atomic mass is 9.75. The molecule has 0 spiro atoms. The van der Waals surface area contributed by atoms with Gasteiger partial charge in [0, 0.05) is 12.5 Å². The molecule has 1 amide bonds. The highest BCUT2D eigenvalue weighted by Crippen LogP contribution is 2.35. The Morgan fingerprint density at radius 1 is 1.14 bits per heavy atom. The van der Waals surface area contributed by atoms with E-state index in [1.54, 1.807) is 39.4 Å². The number of carbonyl (C=O) groups excluding carboxylic acids is 2. The monoisotopic (exact) mass is 395 g/mol. The van der Waals surface area contributed by atoms with Gasteiger partial charge in [-0.05, 0) is 42.5 Å². The summed E-state index contributed by atoms with van der Waals surface area (Å²) in [6, 6.07) is 5.36. The summed E-state index contributed by atoms with van der Waals surface area (Å²) in [5, 5.41) is 2.68. The normalized spacial score (nSPS) is 15.1. The van der Waals surface area contributed by atoms with Crippen LogP contribution in [0.2, 0.25) is 0 Å². The van der Waals surface area contributed by atoms with E-state index < -0.39 is 0 Å². The molecule has 1 aromatic carbocycles. The van der Waals surface area contributed by atoms with Crippen molar-refractivity contribution >= 4 is 23.7 Å². The Bertz CT molecular complexity index is 996. The number of hydrogen-bond acceptors (Lipinski definition) is 6. The number of aromatic nitrogens is 2. The van der Waals surface area contributed by atoms with Gasteiger partial charge in [-0.1, -0.05) is 19.9 Å². The standard InChI is InChI=1S/C22H25N3O4/c1-13-20-15(11-22(2,3)12-16(20)26)24-21(23-13)25-19(27)9-7-14-6-8-17(28-4)18(10-14)29-5/h6-10H,11-12H2,1-5H3,(H,23,24,25,27). The van der Waals surface area contributed by atoms with E-state index in [1.807, 2.05) is 19.9 Å². The predicted molar refractivity (Wildman–Crippen MR) is 110 cm³/mol. The molecule has 0 unspecified atom stereocenters. The highest BCUT2D eigenvalue weighted by atomic mass is 16.5. The Kier molecular flexibility index (Phi) is 5.68. The first-order valence-corrected chi connectivity index (χ1v) is 9.34. The van der Waals surface area contributed by atoms with E-state index in [4.69, 9.17) is 9.47 Å². The molecule has 1 aliphatic carbocycles. The smallest absolute Gasteiger partial charge is 0.250 e. The van der Waals surface area contributed by atoms with Gasteiger partial charge in [-0.25, -0.2) is 9.97 Å². The van der Waals surface area contributed by atoms with Crippen LogP contribution >= 0.6 is 0 Å². The van der Waals surface area contributed by atoms with Gasteiger partial charge in [-0.2, -0.15) is 0 Å². The minimum Gasteiger partial charge on any atom is -0.493 e. The summed E-state index contributed by atoms with van der Waals surface area (Å²) in [4.78, 5) is 33.5. The minimum atomic E-state index is -0.361. The maximum Gasteiger partial charge on any atom is 0.250 e. The van der Waals surface area contributed by atoms with Crippen LogP contribution in [-0.2, 0) is 11.2 Å². The summed E-state index contributed by atoms with van der Waals surface area (Å²) < 4.78 is 10.5. The lowest BCUT2D eigenvalue weighted by molar-refractivity contribution is -0.111. The second-order valence-electron chi connectivity index (χ2n) is 7.83. The van der Waals surface area contributed by atoms with E-state index in [0.29, 0.717) is 41.3 Å². The number of ether oxygens (including phenoxy) is 2. The lowest BCUT2D eigenvalue weighted by Crippen LogP contribution is -2.29. The molecule has 1 N–H and O–H groups in total. The second-order valence-corrected chi connectivity index (χ2v) is 7.83. The topological polar surface area (TPSA) is 90.4 Å². The van der Waals surface area contributed by atoms with Gasteiger partial charge in [0.05, 0.1) is 31.2 Å². The van der Waals surface area contributed by atoms with Crippen molar-refractivity contribution in [3.63, 3.8) is 0 Å². The van der Waals surface area contributed by atoms with Gasteiger partial charge in [-0.3, -0.25) is 14.9 Å². The van der Waals surface area contributed by atoms with Crippen LogP contribution in [0.3, 0.4) is 0 Å². The van der Waals surface area contributed by atoms with E-state index in [-0.39, 0.29) is 23.1 Å². The van der Waals surface area contributed by atoms with Crippen molar-refractivity contribution in [1.29, 1.82) is 0 Å². The lowest BCUT2D eigenvalue weighted by Gasteiger charge is -2.30. The fraction of sp³-hybridized carbons (Fsp3) is 0.364. The molecule has 0 fully saturated rings. The van der Waals surface area contributed by atoms with E-state index in [2.05, 4.69) is 15.3 Å². The van der Waals surface area contributed by atoms with Gasteiger partial charge in [0.15, 0.2) is 17.3 Å². The van der Waals surface area contributed by atoms with Crippen LogP contribution in [0.5, 0.6) is 11.5 Å². The van der Waals surface area contributed by atoms with E-state index >= 15 is 0 Å². The maximum absolute atomic E-state index is 12.4. The van der Waals surface area contributed by atoms with Crippen molar-refractivity contribution in [3.8, 4) is 11.5 Å². The molecule has 1 aliphatic rings. The first kappa shape index (κ1) is 20.5. The third kappa shape index (κ3) is 4.62. The second kappa shape index (κ2) is 8.03. The Labute approximate surface area is 170 Å². The third-order valence-electron chi connectivity index (χ3n) is 4.80. The van der Waals surface area contributed by atoms with Crippen LogP contribution in [0, 0.1) is 12.3 Å². The van der Waals surface area contributed by atoms with Crippen LogP contribution in [0.25, 0.3) is 6.08 Å². The fourth-order valence-corrected chi connectivity index (χ4v) is 3.50. The van der Waals surface area contributed by atoms with Crippen LogP contribution in [0.15, 0.2) is 24.3 Å². The van der Waals surface area contributed by atoms with Crippen LogP contribution in [0.4, 0.5) is 5.95 Å². The third-order valence-corrected chi connectivity index (χ3v) is 4.80. The van der Waals surface area contributed by atoms with E-state index in [9.17, 15) is 9.59 Å². The molecule has 0 radical (unpaired) electrons. The average Bonchev–Trinajstić information content (AvgIpc) is 2.64. The number of rotatable bonds is 5. The van der Waals surface area contributed by atoms with Crippen molar-refractivity contribution in [2.45, 2.75) is 33.6 Å². The van der Waals surface area contributed by atoms with Gasteiger partial charge in [0.25, 0.3) is 5.91 Å². The number of anilines is 1. The van der Waals surface area contributed by atoms with E-state index in [0.717, 1.165) is 5.56 Å². The molecule has 3 rings (SSSR count). The summed E-state index contributed by atoms with van der Waals surface area (Å²) in [6.07, 6.45) is 4.20. The molecule has 7 heteroatoms. The molecule has 1 heterocycles. The first-order chi connectivity index (χ1) is 13.7. The summed E-state index contributed by atoms with van der Waals surface area (Å²) in [7, 11) is 3.12. The number of aryl methyl sites for hydroxylation is 1. The molecular formula is C22H25N3O4. The molecule has 29 heavy (non-hydrogen) atoms. The Morgan fingerprint density at radius 3 is 2.55 bits per heavy atom. The SMILES string of the molecule is COc1ccc(C=CC(=O)Nc2nc(C)c3c(n2)CC(C)(C)CC3=O)cc1OC. The van der Waals surface area contributed by atoms with Crippen LogP contribution in [-0.4, -0.2) is 35.9 Å². The quantitative estimate of drug-likeness (QED) is 0.778. The molecule has 2 aromatic rings. The molecule has 0 atom stereocenters. The molecule has 0 saturated heterocycles. The number of carbonyl (C=O) groups is 2. The summed E-state index contributed by atoms with van der Waals surface area (Å²) in [5.74, 6) is 1.09. The minimum absolute atomic E-state index is 0.0555. The molecule has 152 valence electrons. The van der Waals surface area contributed by atoms with E-state index in [1.165, 1.54) is 6.08 Å². The number of nitrogens with one attached hydrogen (secondary N) is 1. The Hall–Kier alpha value is -3.22. The summed E-state index contributed by atoms with van der Waals surface area (Å²) in [6.45, 7) is 5.84. The van der Waals surface area contributed by atoms with Gasteiger partial charge in [-0.15, -0.1) is 0 Å². The van der Waals surface area contributed by atoms with Crippen LogP contribution in [0.1, 0.15) is 47.6 Å². The molecule has 1 aromatic heterocycles. The predicted octanol–water partition coefficient (Wildman–Crippen LogP) is 3.61. The molecule has 0 bridgehead atoms. The highest BCUT2D eigenvalue weighted by Gasteiger charge is 2.33. The number of amides is 1. The number of hydrogen-bond donors (Lipinski definition) is 1. The summed E-state index contributed by atoms with van der Waals surface area (Å²) in [5.41, 5.74) is 2.50. The molecule has 0 saturated carbocycles. The number of methoxy groups -OCH3 is 2. The maximum atomic E-state index is 12.4. The van der Waals surface area contributed by atoms with Crippen molar-refractivity contribution in [2.75, 3.05) is 19.5 Å². The highest BCUT2D eigenvalue weighted by molar-refractivity contribution is 6.02. The molecule has 7 nitrogen and oxygen atoms in total. The zero-order valence-electron chi connectivity index (χ0n) is 17.3. The Balaban J connectivity index is 1.77. The van der Waals surface area contributed by atoms with Crippen molar-refractivity contribution in [2.24, 2.45) is 5.41 Å². The molecule has 0 aliphatic heterocycles. The van der Waals surface area contributed by atoms with Crippen molar-refractivity contribution < 1.29 is 19.1 Å². The zero-order valence-corrected chi connectivity index (χ0v) is 17.3. The first-order valence-electron chi connectivity index (χ1n) is 9.34.